The van der Waals surface area contributed by atoms with E-state index in [1.807, 2.05) is 24.3 Å². The van der Waals surface area contributed by atoms with Crippen molar-refractivity contribution in [1.29, 1.82) is 0 Å². The molecule has 3 heteroatoms. The topological polar surface area (TPSA) is 29.5 Å². The summed E-state index contributed by atoms with van der Waals surface area (Å²) in [7, 11) is 0. The van der Waals surface area contributed by atoms with Crippen molar-refractivity contribution >= 4 is 71.7 Å². The highest BCUT2D eigenvalue weighted by Gasteiger charge is 2.17. The van der Waals surface area contributed by atoms with Crippen molar-refractivity contribution in [2.75, 3.05) is 4.90 Å². The third-order valence-electron chi connectivity index (χ3n) is 12.1. The lowest BCUT2D eigenvalue weighted by atomic mass is 9.98. The molecule has 0 amide bonds. The van der Waals surface area contributed by atoms with Gasteiger partial charge in [0, 0.05) is 38.6 Å². The molecule has 61 heavy (non-hydrogen) atoms. The van der Waals surface area contributed by atoms with E-state index in [4.69, 9.17) is 8.83 Å². The van der Waals surface area contributed by atoms with Gasteiger partial charge < -0.3 is 13.7 Å². The number of rotatable bonds is 7. The molecule has 10 aromatic carbocycles. The van der Waals surface area contributed by atoms with Crippen molar-refractivity contribution in [2.45, 2.75) is 0 Å². The molecule has 0 bridgehead atoms. The molecule has 0 spiro atoms. The van der Waals surface area contributed by atoms with Crippen LogP contribution in [0.3, 0.4) is 0 Å². The maximum Gasteiger partial charge on any atom is 0.136 e. The molecule has 0 aliphatic carbocycles. The van der Waals surface area contributed by atoms with Crippen LogP contribution in [0.5, 0.6) is 0 Å². The van der Waals surface area contributed by atoms with Gasteiger partial charge >= 0.3 is 0 Å². The number of benzene rings is 10. The average molecular weight is 780 g/mol. The Kier molecular flexibility index (Phi) is 8.17. The van der Waals surface area contributed by atoms with Gasteiger partial charge in [0.25, 0.3) is 0 Å². The summed E-state index contributed by atoms with van der Waals surface area (Å²) >= 11 is 0. The summed E-state index contributed by atoms with van der Waals surface area (Å²) in [6.07, 6.45) is 0. The summed E-state index contributed by atoms with van der Waals surface area (Å²) in [6, 6.07) is 80.2. The van der Waals surface area contributed by atoms with E-state index in [0.29, 0.717) is 0 Å². The first-order chi connectivity index (χ1) is 30.2. The zero-order valence-corrected chi connectivity index (χ0v) is 33.1. The van der Waals surface area contributed by atoms with Crippen LogP contribution in [-0.4, -0.2) is 0 Å². The number of furan rings is 2. The van der Waals surface area contributed by atoms with Crippen LogP contribution in [0.4, 0.5) is 17.1 Å². The highest BCUT2D eigenvalue weighted by molar-refractivity contribution is 6.07. The molecule has 0 N–H and O–H groups in total. The van der Waals surface area contributed by atoms with E-state index >= 15 is 0 Å². The lowest BCUT2D eigenvalue weighted by molar-refractivity contribution is 0.668. The van der Waals surface area contributed by atoms with Crippen LogP contribution < -0.4 is 4.90 Å². The molecule has 3 nitrogen and oxygen atoms in total. The van der Waals surface area contributed by atoms with Crippen molar-refractivity contribution in [2.24, 2.45) is 0 Å². The third kappa shape index (κ3) is 6.23. The molecular weight excluding hydrogens is 743 g/mol. The van der Waals surface area contributed by atoms with Crippen LogP contribution in [0.25, 0.3) is 99.2 Å². The summed E-state index contributed by atoms with van der Waals surface area (Å²) in [5.74, 6) is 0. The van der Waals surface area contributed by atoms with Crippen LogP contribution in [0.2, 0.25) is 0 Å². The van der Waals surface area contributed by atoms with Gasteiger partial charge in [-0.05, 0) is 134 Å². The van der Waals surface area contributed by atoms with Gasteiger partial charge in [-0.3, -0.25) is 0 Å². The summed E-state index contributed by atoms with van der Waals surface area (Å²) < 4.78 is 12.5. The van der Waals surface area contributed by atoms with E-state index in [9.17, 15) is 0 Å². The second kappa shape index (κ2) is 14.3. The van der Waals surface area contributed by atoms with E-state index in [-0.39, 0.29) is 0 Å². The number of anilines is 3. The fraction of sp³-hybridized carbons (Fsp3) is 0. The second-order valence-electron chi connectivity index (χ2n) is 15.7. The standard InChI is InChI=1S/C58H37NO2/c1-2-10-42-33-45(24-23-38(42)9-1)41-21-19-39(20-22-41)40-25-29-48(30-26-40)59(49-13-7-11-43(34-49)46-28-32-57-54(36-46)52-16-4-6-18-56(52)60-57)50-14-8-12-44(35-50)47-27-31-53-51-15-3-5-17-55(51)61-58(53)37-47/h1-37H. The van der Waals surface area contributed by atoms with Gasteiger partial charge in [-0.1, -0.05) is 146 Å². The van der Waals surface area contributed by atoms with Crippen LogP contribution in [0.15, 0.2) is 233 Å². The highest BCUT2D eigenvalue weighted by Crippen LogP contribution is 2.41. The molecule has 2 aromatic heterocycles. The van der Waals surface area contributed by atoms with Gasteiger partial charge in [0.05, 0.1) is 0 Å². The molecule has 12 aromatic rings. The Morgan fingerprint density at radius 2 is 0.689 bits per heavy atom. The Morgan fingerprint density at radius 3 is 1.39 bits per heavy atom. The molecule has 0 aliphatic heterocycles. The minimum absolute atomic E-state index is 0.886. The number of fused-ring (bicyclic) bond motifs is 7. The molecule has 286 valence electrons. The zero-order valence-electron chi connectivity index (χ0n) is 33.1. The molecule has 12 rings (SSSR count). The molecular formula is C58H37NO2. The van der Waals surface area contributed by atoms with Gasteiger partial charge in [-0.25, -0.2) is 0 Å². The van der Waals surface area contributed by atoms with Crippen molar-refractivity contribution in [3.05, 3.63) is 224 Å². The van der Waals surface area contributed by atoms with Gasteiger partial charge in [-0.15, -0.1) is 0 Å². The van der Waals surface area contributed by atoms with E-state index in [1.165, 1.54) is 27.5 Å². The molecule has 0 saturated heterocycles. The smallest absolute Gasteiger partial charge is 0.136 e. The van der Waals surface area contributed by atoms with E-state index in [2.05, 4.69) is 205 Å². The molecule has 2 heterocycles. The lowest BCUT2D eigenvalue weighted by Crippen LogP contribution is -2.10. The lowest BCUT2D eigenvalue weighted by Gasteiger charge is -2.27. The minimum atomic E-state index is 0.886. The largest absolute Gasteiger partial charge is 0.456 e. The van der Waals surface area contributed by atoms with Gasteiger partial charge in [0.1, 0.15) is 22.3 Å². The predicted molar refractivity (Wildman–Crippen MR) is 255 cm³/mol. The third-order valence-corrected chi connectivity index (χ3v) is 12.1. The van der Waals surface area contributed by atoms with E-state index < -0.39 is 0 Å². The first-order valence-electron chi connectivity index (χ1n) is 20.7. The fourth-order valence-corrected chi connectivity index (χ4v) is 8.93. The zero-order chi connectivity index (χ0) is 40.3. The van der Waals surface area contributed by atoms with Gasteiger partial charge in [0.2, 0.25) is 0 Å². The summed E-state index contributed by atoms with van der Waals surface area (Å²) in [6.45, 7) is 0. The minimum Gasteiger partial charge on any atom is -0.456 e. The first-order valence-corrected chi connectivity index (χ1v) is 20.7. The Hall–Kier alpha value is -8.14. The van der Waals surface area contributed by atoms with Crippen LogP contribution in [-0.2, 0) is 0 Å². The van der Waals surface area contributed by atoms with Crippen molar-refractivity contribution < 1.29 is 8.83 Å². The highest BCUT2D eigenvalue weighted by atomic mass is 16.3. The average Bonchev–Trinajstić information content (AvgIpc) is 3.90. The first kappa shape index (κ1) is 34.9. The second-order valence-corrected chi connectivity index (χ2v) is 15.7. The quantitative estimate of drug-likeness (QED) is 0.161. The molecule has 0 saturated carbocycles. The molecule has 0 fully saturated rings. The van der Waals surface area contributed by atoms with E-state index in [1.54, 1.807) is 0 Å². The number of hydrogen-bond donors (Lipinski definition) is 0. The molecule has 0 unspecified atom stereocenters. The number of hydrogen-bond acceptors (Lipinski definition) is 3. The van der Waals surface area contributed by atoms with Crippen molar-refractivity contribution in [1.82, 2.24) is 0 Å². The predicted octanol–water partition coefficient (Wildman–Crippen LogP) is 16.8. The Morgan fingerprint density at radius 1 is 0.230 bits per heavy atom. The van der Waals surface area contributed by atoms with Crippen molar-refractivity contribution in [3.8, 4) is 44.5 Å². The number of nitrogens with zero attached hydrogens (tertiary/aromatic N) is 1. The Balaban J connectivity index is 0.930. The molecule has 0 radical (unpaired) electrons. The summed E-state index contributed by atoms with van der Waals surface area (Å²) in [4.78, 5) is 2.35. The number of para-hydroxylation sites is 2. The van der Waals surface area contributed by atoms with E-state index in [0.717, 1.165) is 88.8 Å². The summed E-state index contributed by atoms with van der Waals surface area (Å²) in [5.41, 5.74) is 16.0. The molecule has 0 atom stereocenters. The summed E-state index contributed by atoms with van der Waals surface area (Å²) in [5, 5.41) is 7.00. The SMILES string of the molecule is c1cc(-c2ccc3c(c2)oc2ccccc23)cc(N(c2ccc(-c3ccc(-c4ccc5ccccc5c4)cc3)cc2)c2cccc(-c3ccc4oc5ccccc5c4c3)c2)c1. The Labute approximate surface area is 353 Å². The van der Waals surface area contributed by atoms with Gasteiger partial charge in [0.15, 0.2) is 0 Å². The maximum absolute atomic E-state index is 6.31. The van der Waals surface area contributed by atoms with Gasteiger partial charge in [-0.2, -0.15) is 0 Å². The maximum atomic E-state index is 6.31. The van der Waals surface area contributed by atoms with Crippen LogP contribution in [0, 0.1) is 0 Å². The normalized spacial score (nSPS) is 11.6. The van der Waals surface area contributed by atoms with Crippen molar-refractivity contribution in [3.63, 3.8) is 0 Å². The Bertz CT molecular complexity index is 3590. The monoisotopic (exact) mass is 779 g/mol. The van der Waals surface area contributed by atoms with Crippen LogP contribution in [0.1, 0.15) is 0 Å². The van der Waals surface area contributed by atoms with Crippen LogP contribution >= 0.6 is 0 Å². The molecule has 0 aliphatic rings. The fourth-order valence-electron chi connectivity index (χ4n) is 8.93.